The summed E-state index contributed by atoms with van der Waals surface area (Å²) in [5.41, 5.74) is -3.07. The van der Waals surface area contributed by atoms with E-state index in [1.807, 2.05) is 0 Å². The van der Waals surface area contributed by atoms with Crippen molar-refractivity contribution < 1.29 is 54.1 Å². The van der Waals surface area contributed by atoms with Crippen LogP contribution in [0, 0.1) is 0 Å². The van der Waals surface area contributed by atoms with Gasteiger partial charge in [-0.25, -0.2) is 0 Å². The van der Waals surface area contributed by atoms with E-state index < -0.39 is 82.6 Å². The number of hydrogen-bond acceptors (Lipinski definition) is 12. The van der Waals surface area contributed by atoms with Crippen LogP contribution in [0.5, 0.6) is 17.2 Å². The first-order valence-corrected chi connectivity index (χ1v) is 13.9. The average molecular weight is 586 g/mol. The van der Waals surface area contributed by atoms with Crippen LogP contribution in [0.2, 0.25) is 0 Å². The van der Waals surface area contributed by atoms with Crippen LogP contribution >= 0.6 is 0 Å². The number of phenols is 2. The summed E-state index contributed by atoms with van der Waals surface area (Å²) in [6.07, 6.45) is -3.96. The number of hydrogen-bond donors (Lipinski definition) is 6. The Labute approximate surface area is 241 Å². The van der Waals surface area contributed by atoms with Crippen molar-refractivity contribution in [2.24, 2.45) is 0 Å². The molecule has 226 valence electrons. The number of carbonyl (C=O) groups excluding carboxylic acids is 3. The van der Waals surface area contributed by atoms with Crippen LogP contribution in [0.1, 0.15) is 82.2 Å². The molecule has 6 atom stereocenters. The van der Waals surface area contributed by atoms with E-state index in [9.17, 15) is 34.8 Å². The smallest absolute Gasteiger partial charge is 0.202 e. The molecule has 0 radical (unpaired) electrons. The lowest BCUT2D eigenvalue weighted by Crippen LogP contribution is -2.54. The summed E-state index contributed by atoms with van der Waals surface area (Å²) in [6, 6.07) is 3.96. The van der Waals surface area contributed by atoms with Crippen molar-refractivity contribution in [1.29, 1.82) is 0 Å². The number of ether oxygens (including phenoxy) is 3. The molecule has 1 saturated heterocycles. The zero-order valence-corrected chi connectivity index (χ0v) is 23.5. The maximum Gasteiger partial charge on any atom is 0.202 e. The van der Waals surface area contributed by atoms with Gasteiger partial charge in [0.1, 0.15) is 22.8 Å². The van der Waals surface area contributed by atoms with E-state index in [4.69, 9.17) is 19.3 Å². The summed E-state index contributed by atoms with van der Waals surface area (Å²) < 4.78 is 17.4. The van der Waals surface area contributed by atoms with Crippen LogP contribution in [-0.4, -0.2) is 93.3 Å². The Balaban J connectivity index is 1.60. The summed E-state index contributed by atoms with van der Waals surface area (Å²) in [5, 5.41) is 57.3. The lowest BCUT2D eigenvalue weighted by molar-refractivity contribution is -0.249. The predicted octanol–water partition coefficient (Wildman–Crippen LogP) is 1.04. The Morgan fingerprint density at radius 3 is 2.52 bits per heavy atom. The van der Waals surface area contributed by atoms with E-state index >= 15 is 0 Å². The first-order valence-electron chi connectivity index (χ1n) is 13.9. The second-order valence-corrected chi connectivity index (χ2v) is 11.1. The topological polar surface area (TPSA) is 192 Å². The van der Waals surface area contributed by atoms with Gasteiger partial charge in [-0.2, -0.15) is 0 Å². The SMILES string of the molecule is COc1cccc2c1C(=O)c1c(O)c3c(c(O)c1C2=O)C[C@@](O)(C(C)=O)C[C@@H]3OC1CC(NCCCO)C(O)C(C)O1. The normalized spacial score (nSPS) is 28.6. The predicted molar refractivity (Wildman–Crippen MR) is 146 cm³/mol. The number of rotatable bonds is 8. The molecule has 3 aliphatic rings. The Hall–Kier alpha value is -3.39. The van der Waals surface area contributed by atoms with Gasteiger partial charge in [-0.1, -0.05) is 12.1 Å². The standard InChI is InChI=1S/C30H35NO11/c1-13-25(34)17(31-8-5-9-32)10-20(41-13)42-19-12-30(39,14(2)33)11-16-22(19)29(38)24-23(27(16)36)26(35)15-6-4-7-18(40-3)21(15)28(24)37/h4,6-7,13,17,19-20,25,31-32,34,36,38-39H,5,8-12H2,1-3H3/t13?,17?,19-,20?,25?,30-/m0/s1. The van der Waals surface area contributed by atoms with Crippen LogP contribution < -0.4 is 10.1 Å². The third-order valence-corrected chi connectivity index (χ3v) is 8.49. The van der Waals surface area contributed by atoms with Gasteiger partial charge in [0.25, 0.3) is 0 Å². The lowest BCUT2D eigenvalue weighted by Gasteiger charge is -2.43. The summed E-state index contributed by atoms with van der Waals surface area (Å²) in [5.74, 6) is -3.20. The molecular formula is C30H35NO11. The van der Waals surface area contributed by atoms with Gasteiger partial charge in [-0.15, -0.1) is 0 Å². The Morgan fingerprint density at radius 2 is 1.86 bits per heavy atom. The second kappa shape index (κ2) is 11.4. The molecule has 0 spiro atoms. The van der Waals surface area contributed by atoms with Gasteiger partial charge in [-0.3, -0.25) is 14.4 Å². The monoisotopic (exact) mass is 585 g/mol. The van der Waals surface area contributed by atoms with Crippen molar-refractivity contribution in [2.75, 3.05) is 20.3 Å². The molecule has 2 aromatic rings. The number of Topliss-reactive ketones (excluding diaryl/α,β-unsaturated/α-hetero) is 1. The number of aliphatic hydroxyl groups excluding tert-OH is 2. The molecule has 0 aromatic heterocycles. The Bertz CT molecular complexity index is 1440. The Morgan fingerprint density at radius 1 is 1.14 bits per heavy atom. The summed E-state index contributed by atoms with van der Waals surface area (Å²) in [6.45, 7) is 3.23. The van der Waals surface area contributed by atoms with Gasteiger partial charge in [-0.05, 0) is 32.9 Å². The van der Waals surface area contributed by atoms with E-state index in [-0.39, 0.29) is 47.5 Å². The summed E-state index contributed by atoms with van der Waals surface area (Å²) >= 11 is 0. The molecule has 12 heteroatoms. The van der Waals surface area contributed by atoms with E-state index in [1.54, 1.807) is 6.92 Å². The quantitative estimate of drug-likeness (QED) is 0.163. The minimum Gasteiger partial charge on any atom is -0.507 e. The van der Waals surface area contributed by atoms with Crippen LogP contribution in [0.25, 0.3) is 0 Å². The zero-order valence-electron chi connectivity index (χ0n) is 23.5. The van der Waals surface area contributed by atoms with E-state index in [1.165, 1.54) is 32.2 Å². The molecule has 0 amide bonds. The van der Waals surface area contributed by atoms with Crippen molar-refractivity contribution in [3.05, 3.63) is 51.6 Å². The van der Waals surface area contributed by atoms with E-state index in [0.29, 0.717) is 13.0 Å². The Kier molecular flexibility index (Phi) is 8.14. The highest BCUT2D eigenvalue weighted by Gasteiger charge is 2.49. The largest absolute Gasteiger partial charge is 0.507 e. The van der Waals surface area contributed by atoms with Crippen molar-refractivity contribution in [2.45, 2.75) is 75.8 Å². The molecule has 2 aromatic carbocycles. The molecule has 1 heterocycles. The number of nitrogens with one attached hydrogen (secondary N) is 1. The number of benzene rings is 2. The number of fused-ring (bicyclic) bond motifs is 3. The number of phenolic OH excluding ortho intramolecular Hbond substituents is 2. The average Bonchev–Trinajstić information content (AvgIpc) is 2.95. The molecule has 6 N–H and O–H groups in total. The van der Waals surface area contributed by atoms with E-state index in [0.717, 1.165) is 0 Å². The molecule has 2 aliphatic carbocycles. The first kappa shape index (κ1) is 30.1. The van der Waals surface area contributed by atoms with E-state index in [2.05, 4.69) is 5.32 Å². The van der Waals surface area contributed by atoms with Gasteiger partial charge in [0.15, 0.2) is 17.9 Å². The molecule has 1 fully saturated rings. The second-order valence-electron chi connectivity index (χ2n) is 11.1. The number of aromatic hydroxyl groups is 2. The van der Waals surface area contributed by atoms with Crippen LogP contribution in [0.15, 0.2) is 18.2 Å². The van der Waals surface area contributed by atoms with Gasteiger partial charge >= 0.3 is 0 Å². The van der Waals surface area contributed by atoms with Crippen molar-refractivity contribution in [1.82, 2.24) is 5.32 Å². The molecule has 5 rings (SSSR count). The lowest BCUT2D eigenvalue weighted by atomic mass is 9.72. The summed E-state index contributed by atoms with van der Waals surface area (Å²) in [7, 11) is 1.34. The maximum absolute atomic E-state index is 13.7. The van der Waals surface area contributed by atoms with Crippen molar-refractivity contribution in [3.63, 3.8) is 0 Å². The van der Waals surface area contributed by atoms with Crippen LogP contribution in [-0.2, 0) is 20.7 Å². The molecule has 0 bridgehead atoms. The fourth-order valence-electron chi connectivity index (χ4n) is 6.19. The molecule has 1 aliphatic heterocycles. The van der Waals surface area contributed by atoms with Crippen LogP contribution in [0.3, 0.4) is 0 Å². The number of methoxy groups -OCH3 is 1. The van der Waals surface area contributed by atoms with Crippen LogP contribution in [0.4, 0.5) is 0 Å². The third-order valence-electron chi connectivity index (χ3n) is 8.49. The highest BCUT2D eigenvalue weighted by Crippen LogP contribution is 2.52. The molecule has 0 saturated carbocycles. The highest BCUT2D eigenvalue weighted by molar-refractivity contribution is 6.31. The highest BCUT2D eigenvalue weighted by atomic mass is 16.7. The third kappa shape index (κ3) is 4.87. The fourth-order valence-corrected chi connectivity index (χ4v) is 6.19. The zero-order chi connectivity index (χ0) is 30.5. The molecular weight excluding hydrogens is 550 g/mol. The van der Waals surface area contributed by atoms with Gasteiger partial charge in [0, 0.05) is 48.6 Å². The van der Waals surface area contributed by atoms with Gasteiger partial charge in [0.05, 0.1) is 42.1 Å². The minimum atomic E-state index is -2.02. The number of ketones is 3. The van der Waals surface area contributed by atoms with Gasteiger partial charge < -0.3 is 45.1 Å². The molecule has 4 unspecified atom stereocenters. The first-order chi connectivity index (χ1) is 19.9. The summed E-state index contributed by atoms with van der Waals surface area (Å²) in [4.78, 5) is 39.9. The number of aliphatic hydroxyl groups is 3. The fraction of sp³-hybridized carbons (Fsp3) is 0.500. The minimum absolute atomic E-state index is 0.0187. The molecule has 42 heavy (non-hydrogen) atoms. The maximum atomic E-state index is 13.7. The number of carbonyl (C=O) groups is 3. The van der Waals surface area contributed by atoms with Gasteiger partial charge in [0.2, 0.25) is 5.78 Å². The molecule has 12 nitrogen and oxygen atoms in total. The van der Waals surface area contributed by atoms with Crippen molar-refractivity contribution >= 4 is 17.3 Å². The van der Waals surface area contributed by atoms with Crippen molar-refractivity contribution in [3.8, 4) is 17.2 Å².